The topological polar surface area (TPSA) is 55.1 Å². The summed E-state index contributed by atoms with van der Waals surface area (Å²) in [5.74, 6) is -0.383. The molecule has 22 heavy (non-hydrogen) atoms. The van der Waals surface area contributed by atoms with Crippen molar-refractivity contribution < 1.29 is 4.79 Å². The first-order valence-corrected chi connectivity index (χ1v) is 7.32. The van der Waals surface area contributed by atoms with Crippen LogP contribution in [0.25, 0.3) is 5.57 Å². The maximum atomic E-state index is 11.8. The van der Waals surface area contributed by atoms with Crippen molar-refractivity contribution in [3.05, 3.63) is 89.1 Å². The van der Waals surface area contributed by atoms with Gasteiger partial charge in [0, 0.05) is 12.1 Å². The fraction of sp³-hybridized carbons (Fsp3) is 0.105. The van der Waals surface area contributed by atoms with Gasteiger partial charge >= 0.3 is 0 Å². The van der Waals surface area contributed by atoms with Gasteiger partial charge < -0.3 is 11.1 Å². The van der Waals surface area contributed by atoms with Gasteiger partial charge in [0.1, 0.15) is 0 Å². The third kappa shape index (κ3) is 2.93. The summed E-state index contributed by atoms with van der Waals surface area (Å²) in [5, 5.41) is 3.14. The molecule has 0 radical (unpaired) electrons. The van der Waals surface area contributed by atoms with E-state index in [0.29, 0.717) is 12.0 Å². The van der Waals surface area contributed by atoms with Crippen LogP contribution in [0.1, 0.15) is 27.0 Å². The largest absolute Gasteiger partial charge is 0.387 e. The van der Waals surface area contributed by atoms with Gasteiger partial charge in [0.05, 0.1) is 0 Å². The number of carbonyl (C=O) groups excluding carboxylic acids is 1. The Morgan fingerprint density at radius 1 is 1.09 bits per heavy atom. The number of dihydropyridines is 1. The summed E-state index contributed by atoms with van der Waals surface area (Å²) in [6.07, 6.45) is 6.76. The third-order valence-corrected chi connectivity index (χ3v) is 3.80. The van der Waals surface area contributed by atoms with Gasteiger partial charge in [0.25, 0.3) is 0 Å². The first kappa shape index (κ1) is 14.1. The van der Waals surface area contributed by atoms with Gasteiger partial charge in [-0.2, -0.15) is 0 Å². The predicted octanol–water partition coefficient (Wildman–Crippen LogP) is 2.88. The molecule has 3 N–H and O–H groups in total. The molecular weight excluding hydrogens is 272 g/mol. The van der Waals surface area contributed by atoms with Crippen molar-refractivity contribution in [2.24, 2.45) is 5.73 Å². The minimum absolute atomic E-state index is 0.383. The second-order valence-electron chi connectivity index (χ2n) is 5.26. The molecule has 0 saturated carbocycles. The molecule has 3 heteroatoms. The van der Waals surface area contributed by atoms with Crippen molar-refractivity contribution in [3.63, 3.8) is 0 Å². The van der Waals surface area contributed by atoms with Gasteiger partial charge in [0.2, 0.25) is 5.91 Å². The van der Waals surface area contributed by atoms with Crippen molar-refractivity contribution in [2.75, 3.05) is 6.54 Å². The zero-order valence-electron chi connectivity index (χ0n) is 12.3. The Kier molecular flexibility index (Phi) is 4.05. The number of hydrogen-bond donors (Lipinski definition) is 2. The fourth-order valence-corrected chi connectivity index (χ4v) is 2.73. The van der Waals surface area contributed by atoms with E-state index in [-0.39, 0.29) is 5.91 Å². The molecule has 0 atom stereocenters. The maximum Gasteiger partial charge on any atom is 0.249 e. The number of nitrogens with one attached hydrogen (secondary N) is 1. The molecule has 1 heterocycles. The number of nitrogens with two attached hydrogens (primary N) is 1. The maximum absolute atomic E-state index is 11.8. The Balaban J connectivity index is 2.10. The first-order chi connectivity index (χ1) is 10.8. The summed E-state index contributed by atoms with van der Waals surface area (Å²) < 4.78 is 0. The Labute approximate surface area is 130 Å². The molecule has 3 nitrogen and oxygen atoms in total. The molecule has 0 aromatic heterocycles. The van der Waals surface area contributed by atoms with Gasteiger partial charge in [-0.3, -0.25) is 4.79 Å². The first-order valence-electron chi connectivity index (χ1n) is 7.32. The highest BCUT2D eigenvalue weighted by Gasteiger charge is 2.15. The highest BCUT2D eigenvalue weighted by atomic mass is 16.1. The second kappa shape index (κ2) is 6.31. The van der Waals surface area contributed by atoms with Gasteiger partial charge in [0.15, 0.2) is 0 Å². The molecule has 0 spiro atoms. The number of amides is 1. The van der Waals surface area contributed by atoms with Crippen LogP contribution in [0, 0.1) is 0 Å². The average molecular weight is 290 g/mol. The van der Waals surface area contributed by atoms with Gasteiger partial charge in [-0.25, -0.2) is 0 Å². The minimum atomic E-state index is -0.383. The van der Waals surface area contributed by atoms with Crippen LogP contribution in [0.4, 0.5) is 0 Å². The Morgan fingerprint density at radius 2 is 1.91 bits per heavy atom. The van der Waals surface area contributed by atoms with E-state index in [9.17, 15) is 4.79 Å². The molecule has 110 valence electrons. The molecule has 2 aromatic rings. The number of rotatable bonds is 4. The monoisotopic (exact) mass is 290 g/mol. The average Bonchev–Trinajstić information content (AvgIpc) is 2.56. The highest BCUT2D eigenvalue weighted by molar-refractivity contribution is 5.96. The van der Waals surface area contributed by atoms with E-state index in [2.05, 4.69) is 23.5 Å². The van der Waals surface area contributed by atoms with Gasteiger partial charge in [-0.05, 0) is 47.0 Å². The van der Waals surface area contributed by atoms with E-state index in [1.165, 1.54) is 0 Å². The second-order valence-corrected chi connectivity index (χ2v) is 5.26. The lowest BCUT2D eigenvalue weighted by atomic mass is 9.90. The van der Waals surface area contributed by atoms with E-state index >= 15 is 0 Å². The van der Waals surface area contributed by atoms with E-state index < -0.39 is 0 Å². The molecule has 0 bridgehead atoms. The zero-order chi connectivity index (χ0) is 15.4. The van der Waals surface area contributed by atoms with Crippen LogP contribution in [0.3, 0.4) is 0 Å². The normalized spacial score (nSPS) is 13.4. The molecule has 0 unspecified atom stereocenters. The lowest BCUT2D eigenvalue weighted by Gasteiger charge is -2.16. The Hall–Kier alpha value is -2.81. The van der Waals surface area contributed by atoms with E-state index in [0.717, 1.165) is 28.8 Å². The van der Waals surface area contributed by atoms with Crippen LogP contribution >= 0.6 is 0 Å². The predicted molar refractivity (Wildman–Crippen MR) is 89.3 cm³/mol. The number of hydrogen-bond acceptors (Lipinski definition) is 2. The van der Waals surface area contributed by atoms with Crippen molar-refractivity contribution >= 4 is 11.5 Å². The molecule has 1 aliphatic heterocycles. The summed E-state index contributed by atoms with van der Waals surface area (Å²) in [7, 11) is 0. The van der Waals surface area contributed by atoms with Crippen LogP contribution in [-0.2, 0) is 6.42 Å². The van der Waals surface area contributed by atoms with E-state index in [1.54, 1.807) is 6.07 Å². The molecule has 0 fully saturated rings. The summed E-state index contributed by atoms with van der Waals surface area (Å²) in [4.78, 5) is 11.8. The van der Waals surface area contributed by atoms with Crippen LogP contribution in [0.2, 0.25) is 0 Å². The number of benzene rings is 2. The summed E-state index contributed by atoms with van der Waals surface area (Å²) in [5.41, 5.74) is 10.5. The summed E-state index contributed by atoms with van der Waals surface area (Å²) >= 11 is 0. The molecular formula is C19H18N2O. The zero-order valence-corrected chi connectivity index (χ0v) is 12.3. The lowest BCUT2D eigenvalue weighted by molar-refractivity contribution is 0.0999. The van der Waals surface area contributed by atoms with Crippen LogP contribution in [0.15, 0.2) is 66.9 Å². The van der Waals surface area contributed by atoms with Crippen LogP contribution in [0.5, 0.6) is 0 Å². The minimum Gasteiger partial charge on any atom is -0.387 e. The fourth-order valence-electron chi connectivity index (χ4n) is 2.73. The van der Waals surface area contributed by atoms with Crippen molar-refractivity contribution in [3.8, 4) is 0 Å². The standard InChI is InChI=1S/C19H18N2O/c20-19(22)17-8-4-7-16(15-9-11-21-12-10-15)18(17)13-14-5-2-1-3-6-14/h1-11,21H,12-13H2,(H2,20,22). The Morgan fingerprint density at radius 3 is 2.59 bits per heavy atom. The van der Waals surface area contributed by atoms with Gasteiger partial charge in [-0.1, -0.05) is 48.5 Å². The van der Waals surface area contributed by atoms with E-state index in [1.807, 2.05) is 42.6 Å². The molecule has 1 aliphatic rings. The van der Waals surface area contributed by atoms with Crippen molar-refractivity contribution in [1.82, 2.24) is 5.32 Å². The molecule has 1 amide bonds. The quantitative estimate of drug-likeness (QED) is 0.909. The lowest BCUT2D eigenvalue weighted by Crippen LogP contribution is -2.16. The highest BCUT2D eigenvalue weighted by Crippen LogP contribution is 2.26. The summed E-state index contributed by atoms with van der Waals surface area (Å²) in [6.45, 7) is 0.789. The third-order valence-electron chi connectivity index (χ3n) is 3.80. The van der Waals surface area contributed by atoms with Crippen LogP contribution in [-0.4, -0.2) is 12.5 Å². The molecule has 3 rings (SSSR count). The number of allylic oxidation sites excluding steroid dienone is 2. The number of primary amides is 1. The van der Waals surface area contributed by atoms with Crippen LogP contribution < -0.4 is 11.1 Å². The SMILES string of the molecule is NC(=O)c1cccc(C2=CCNC=C2)c1Cc1ccccc1. The molecule has 0 aliphatic carbocycles. The molecule has 0 saturated heterocycles. The summed E-state index contributed by atoms with van der Waals surface area (Å²) in [6, 6.07) is 15.9. The van der Waals surface area contributed by atoms with E-state index in [4.69, 9.17) is 5.73 Å². The Bertz CT molecular complexity index is 745. The smallest absolute Gasteiger partial charge is 0.249 e. The number of carbonyl (C=O) groups is 1. The van der Waals surface area contributed by atoms with Gasteiger partial charge in [-0.15, -0.1) is 0 Å². The van der Waals surface area contributed by atoms with Crippen molar-refractivity contribution in [1.29, 1.82) is 0 Å². The van der Waals surface area contributed by atoms with Crippen molar-refractivity contribution in [2.45, 2.75) is 6.42 Å². The molecule has 2 aromatic carbocycles.